The zero-order valence-corrected chi connectivity index (χ0v) is 20.7. The van der Waals surface area contributed by atoms with Crippen molar-refractivity contribution in [2.24, 2.45) is 0 Å². The molecule has 1 unspecified atom stereocenters. The minimum atomic E-state index is -0.598. The van der Waals surface area contributed by atoms with E-state index in [9.17, 15) is 5.11 Å². The van der Waals surface area contributed by atoms with Crippen LogP contribution in [0, 0.1) is 0 Å². The van der Waals surface area contributed by atoms with Gasteiger partial charge in [-0.05, 0) is 60.3 Å². The summed E-state index contributed by atoms with van der Waals surface area (Å²) in [6.45, 7) is 2.70. The molecule has 1 aliphatic heterocycles. The largest absolute Gasteiger partial charge is 0.490 e. The van der Waals surface area contributed by atoms with Crippen molar-refractivity contribution in [1.82, 2.24) is 15.1 Å². The summed E-state index contributed by atoms with van der Waals surface area (Å²) < 4.78 is 22.2. The summed E-state index contributed by atoms with van der Waals surface area (Å²) in [4.78, 5) is 2.32. The number of hydrogen-bond donors (Lipinski definition) is 1. The van der Waals surface area contributed by atoms with Crippen LogP contribution in [0.3, 0.4) is 0 Å². The molecule has 1 fully saturated rings. The number of aliphatic hydroxyl groups is 1. The normalized spacial score (nSPS) is 15.8. The Balaban J connectivity index is 1.04. The van der Waals surface area contributed by atoms with E-state index in [1.54, 1.807) is 6.07 Å². The third-order valence-corrected chi connectivity index (χ3v) is 7.05. The minimum absolute atomic E-state index is 0.0661. The molecule has 2 aromatic heterocycles. The lowest BCUT2D eigenvalue weighted by Crippen LogP contribution is -2.40. The van der Waals surface area contributed by atoms with Gasteiger partial charge in [0, 0.05) is 12.6 Å². The van der Waals surface area contributed by atoms with Crippen molar-refractivity contribution in [3.05, 3.63) is 72.3 Å². The average Bonchev–Trinajstić information content (AvgIpc) is 3.59. The molecule has 0 aliphatic carbocycles. The number of aliphatic hydroxyl groups excluding tert-OH is 1. The first-order chi connectivity index (χ1) is 18.2. The Kier molecular flexibility index (Phi) is 6.51. The summed E-state index contributed by atoms with van der Waals surface area (Å²) in [5.41, 5.74) is 2.05. The van der Waals surface area contributed by atoms with Gasteiger partial charge in [0.05, 0.1) is 12.5 Å². The molecule has 1 aliphatic rings. The predicted molar refractivity (Wildman–Crippen MR) is 140 cm³/mol. The predicted octanol–water partition coefficient (Wildman–Crippen LogP) is 5.26. The van der Waals surface area contributed by atoms with Crippen molar-refractivity contribution in [3.8, 4) is 23.5 Å². The molecule has 5 aromatic rings. The van der Waals surface area contributed by atoms with Crippen molar-refractivity contribution in [2.45, 2.75) is 24.9 Å². The molecule has 8 heteroatoms. The number of aromatic nitrogens is 2. The van der Waals surface area contributed by atoms with Crippen molar-refractivity contribution < 1.29 is 23.4 Å². The number of likely N-dealkylation sites (tertiary alicyclic amines) is 1. The molecular weight excluding hydrogens is 470 g/mol. The van der Waals surface area contributed by atoms with Gasteiger partial charge in [-0.15, -0.1) is 5.10 Å². The van der Waals surface area contributed by atoms with Crippen LogP contribution in [0.15, 0.2) is 75.6 Å². The van der Waals surface area contributed by atoms with Crippen LogP contribution in [0.25, 0.3) is 33.4 Å². The molecule has 0 radical (unpaired) electrons. The molecule has 0 amide bonds. The Bertz CT molecular complexity index is 1500. The van der Waals surface area contributed by atoms with E-state index >= 15 is 0 Å². The molecule has 6 rings (SSSR count). The summed E-state index contributed by atoms with van der Waals surface area (Å²) in [7, 11) is 1.46. The molecule has 37 heavy (non-hydrogen) atoms. The Labute approximate surface area is 214 Å². The fraction of sp³-hybridized carbons (Fsp3) is 0.310. The highest BCUT2D eigenvalue weighted by Gasteiger charge is 2.23. The van der Waals surface area contributed by atoms with Crippen molar-refractivity contribution >= 4 is 21.7 Å². The molecule has 8 nitrogen and oxygen atoms in total. The van der Waals surface area contributed by atoms with Gasteiger partial charge in [0.2, 0.25) is 0 Å². The number of rotatable bonds is 8. The summed E-state index contributed by atoms with van der Waals surface area (Å²) >= 11 is 0. The van der Waals surface area contributed by atoms with Crippen LogP contribution in [0.2, 0.25) is 0 Å². The number of β-amino-alcohol motifs (C(OH)–C–C–N with tert-alkyl or cyclic N) is 1. The fourth-order valence-electron chi connectivity index (χ4n) is 5.10. The van der Waals surface area contributed by atoms with E-state index in [1.165, 1.54) is 23.4 Å². The van der Waals surface area contributed by atoms with Gasteiger partial charge in [-0.1, -0.05) is 53.6 Å². The zero-order valence-electron chi connectivity index (χ0n) is 20.7. The summed E-state index contributed by atoms with van der Waals surface area (Å²) in [5, 5.41) is 21.8. The Morgan fingerprint density at radius 3 is 2.62 bits per heavy atom. The monoisotopic (exact) mass is 499 g/mol. The maximum Gasteiger partial charge on any atom is 0.414 e. The van der Waals surface area contributed by atoms with Gasteiger partial charge >= 0.3 is 6.08 Å². The third kappa shape index (κ3) is 5.03. The Morgan fingerprint density at radius 1 is 0.973 bits per heavy atom. The van der Waals surface area contributed by atoms with Crippen LogP contribution in [0.1, 0.15) is 24.3 Å². The molecule has 3 aromatic carbocycles. The highest BCUT2D eigenvalue weighted by Crippen LogP contribution is 2.34. The molecule has 1 N–H and O–H groups in total. The van der Waals surface area contributed by atoms with Gasteiger partial charge < -0.3 is 28.3 Å². The number of benzene rings is 3. The van der Waals surface area contributed by atoms with Gasteiger partial charge in [0.15, 0.2) is 5.76 Å². The van der Waals surface area contributed by atoms with E-state index in [0.717, 1.165) is 31.3 Å². The van der Waals surface area contributed by atoms with Gasteiger partial charge in [-0.2, -0.15) is 0 Å². The van der Waals surface area contributed by atoms with Crippen molar-refractivity contribution in [2.75, 3.05) is 33.4 Å². The minimum Gasteiger partial charge on any atom is -0.490 e. The first-order valence-electron chi connectivity index (χ1n) is 12.6. The van der Waals surface area contributed by atoms with Crippen LogP contribution >= 0.6 is 0 Å². The van der Waals surface area contributed by atoms with Gasteiger partial charge in [-0.3, -0.25) is 0 Å². The number of furan rings is 1. The highest BCUT2D eigenvalue weighted by atomic mass is 16.6. The molecular formula is C29H29N3O5. The smallest absolute Gasteiger partial charge is 0.414 e. The second-order valence-electron chi connectivity index (χ2n) is 9.50. The Morgan fingerprint density at radius 2 is 1.81 bits per heavy atom. The van der Waals surface area contributed by atoms with E-state index in [-0.39, 0.29) is 18.6 Å². The number of nitrogens with zero attached hydrogens (tertiary/aromatic N) is 3. The summed E-state index contributed by atoms with van der Waals surface area (Å²) in [5.74, 6) is 1.84. The summed E-state index contributed by atoms with van der Waals surface area (Å²) in [6.07, 6.45) is 1.64. The zero-order chi connectivity index (χ0) is 25.2. The number of ether oxygens (including phenoxy) is 2. The quantitative estimate of drug-likeness (QED) is 0.309. The third-order valence-electron chi connectivity index (χ3n) is 7.05. The fourth-order valence-corrected chi connectivity index (χ4v) is 5.10. The average molecular weight is 500 g/mol. The standard InChI is InChI=1S/C29H29N3O5/c1-34-29-31-30-28(37-29)27-16-24-25(7-4-8-26(24)36-27)35-18-23(33)17-32-13-11-20(12-14-32)22-10-9-19-5-2-3-6-21(19)15-22/h2-10,15-16,20,23,33H,11-14,17-18H2,1H3. The topological polar surface area (TPSA) is 94.0 Å². The number of hydrogen-bond acceptors (Lipinski definition) is 8. The van der Waals surface area contributed by atoms with E-state index in [4.69, 9.17) is 18.3 Å². The van der Waals surface area contributed by atoms with E-state index in [1.807, 2.05) is 18.2 Å². The number of piperidine rings is 1. The SMILES string of the molecule is COc1nnc(-c2cc3c(OCC(O)CN4CCC(c5ccc6ccccc6c5)CC4)cccc3o2)o1. The van der Waals surface area contributed by atoms with Crippen LogP contribution in [-0.2, 0) is 0 Å². The molecule has 190 valence electrons. The lowest BCUT2D eigenvalue weighted by molar-refractivity contribution is 0.0599. The first-order valence-corrected chi connectivity index (χ1v) is 12.6. The van der Waals surface area contributed by atoms with Crippen LogP contribution in [0.4, 0.5) is 0 Å². The maximum atomic E-state index is 10.7. The maximum absolute atomic E-state index is 10.7. The van der Waals surface area contributed by atoms with Crippen LogP contribution < -0.4 is 9.47 Å². The summed E-state index contributed by atoms with van der Waals surface area (Å²) in [6, 6.07) is 22.7. The van der Waals surface area contributed by atoms with Crippen molar-refractivity contribution in [1.29, 1.82) is 0 Å². The lowest BCUT2D eigenvalue weighted by Gasteiger charge is -2.33. The van der Waals surface area contributed by atoms with E-state index in [0.29, 0.717) is 29.6 Å². The highest BCUT2D eigenvalue weighted by molar-refractivity contribution is 5.87. The Hall–Kier alpha value is -3.88. The number of fused-ring (bicyclic) bond motifs is 2. The number of methoxy groups -OCH3 is 1. The molecule has 0 bridgehead atoms. The second-order valence-corrected chi connectivity index (χ2v) is 9.50. The van der Waals surface area contributed by atoms with E-state index in [2.05, 4.69) is 57.6 Å². The first kappa shape index (κ1) is 23.5. The molecule has 1 saturated heterocycles. The van der Waals surface area contributed by atoms with Gasteiger partial charge in [0.1, 0.15) is 24.0 Å². The lowest BCUT2D eigenvalue weighted by atomic mass is 9.88. The second kappa shape index (κ2) is 10.2. The van der Waals surface area contributed by atoms with E-state index < -0.39 is 6.10 Å². The van der Waals surface area contributed by atoms with Crippen molar-refractivity contribution in [3.63, 3.8) is 0 Å². The van der Waals surface area contributed by atoms with Gasteiger partial charge in [-0.25, -0.2) is 0 Å². The van der Waals surface area contributed by atoms with Crippen LogP contribution in [-0.4, -0.2) is 59.7 Å². The molecule has 1 atom stereocenters. The molecule has 0 saturated carbocycles. The van der Waals surface area contributed by atoms with Gasteiger partial charge in [0.25, 0.3) is 5.89 Å². The molecule has 0 spiro atoms. The molecule has 3 heterocycles. The van der Waals surface area contributed by atoms with Crippen LogP contribution in [0.5, 0.6) is 11.8 Å².